The Balaban J connectivity index is 1.30. The molecule has 27 heavy (non-hydrogen) atoms. The Kier molecular flexibility index (Phi) is 5.39. The zero-order chi connectivity index (χ0) is 18.6. The van der Waals surface area contributed by atoms with E-state index in [1.807, 2.05) is 18.2 Å². The van der Waals surface area contributed by atoms with Crippen LogP contribution in [0, 0.1) is 5.82 Å². The first kappa shape index (κ1) is 18.0. The molecule has 0 radical (unpaired) electrons. The minimum absolute atomic E-state index is 0.166. The highest BCUT2D eigenvalue weighted by atomic mass is 19.1. The number of fused-ring (bicyclic) bond motifs is 1. The van der Waals surface area contributed by atoms with E-state index < -0.39 is 0 Å². The van der Waals surface area contributed by atoms with Gasteiger partial charge in [-0.15, -0.1) is 0 Å². The van der Waals surface area contributed by atoms with E-state index in [-0.39, 0.29) is 5.82 Å². The van der Waals surface area contributed by atoms with E-state index in [1.54, 1.807) is 12.1 Å². The highest BCUT2D eigenvalue weighted by Crippen LogP contribution is 2.33. The minimum atomic E-state index is -0.166. The molecule has 1 saturated heterocycles. The molecule has 0 bridgehead atoms. The number of rotatable bonds is 5. The highest BCUT2D eigenvalue weighted by molar-refractivity contribution is 5.81. The predicted molar refractivity (Wildman–Crippen MR) is 106 cm³/mol. The number of oxime groups is 1. The van der Waals surface area contributed by atoms with E-state index in [0.29, 0.717) is 6.04 Å². The smallest absolute Gasteiger partial charge is 0.123 e. The normalized spacial score (nSPS) is 18.3. The Bertz CT molecular complexity index is 798. The molecular weight excluding hydrogens is 341 g/mol. The van der Waals surface area contributed by atoms with Gasteiger partial charge < -0.3 is 15.0 Å². The van der Waals surface area contributed by atoms with Gasteiger partial charge in [0.25, 0.3) is 0 Å². The third-order valence-electron chi connectivity index (χ3n) is 5.87. The SMILES string of the molecule is ON=Cc1ccc2c(c1)CCN2C1CCN(CCc2ccc(F)cc2)CC1. The van der Waals surface area contributed by atoms with Gasteiger partial charge >= 0.3 is 0 Å². The van der Waals surface area contributed by atoms with Crippen LogP contribution in [0.1, 0.15) is 29.5 Å². The summed E-state index contributed by atoms with van der Waals surface area (Å²) in [5.41, 5.74) is 4.85. The fraction of sp³-hybridized carbons (Fsp3) is 0.409. The topological polar surface area (TPSA) is 39.1 Å². The Morgan fingerprint density at radius 1 is 1.07 bits per heavy atom. The standard InChI is InChI=1S/C22H26FN3O/c23-20-4-1-17(2-5-20)7-11-25-12-9-21(10-13-25)26-14-8-19-15-18(16-24-27)3-6-22(19)26/h1-6,15-16,21,27H,7-14H2. The fourth-order valence-electron chi connectivity index (χ4n) is 4.37. The van der Waals surface area contributed by atoms with Gasteiger partial charge in [0, 0.05) is 37.9 Å². The van der Waals surface area contributed by atoms with Crippen LogP contribution in [0.25, 0.3) is 0 Å². The van der Waals surface area contributed by atoms with E-state index in [1.165, 1.54) is 35.9 Å². The van der Waals surface area contributed by atoms with Crippen molar-refractivity contribution in [1.29, 1.82) is 0 Å². The molecule has 2 aliphatic heterocycles. The van der Waals surface area contributed by atoms with Crippen LogP contribution in [0.2, 0.25) is 0 Å². The monoisotopic (exact) mass is 367 g/mol. The van der Waals surface area contributed by atoms with E-state index in [0.717, 1.165) is 44.6 Å². The van der Waals surface area contributed by atoms with Gasteiger partial charge in [-0.05, 0) is 66.6 Å². The molecule has 0 atom stereocenters. The van der Waals surface area contributed by atoms with Crippen LogP contribution in [-0.2, 0) is 12.8 Å². The van der Waals surface area contributed by atoms with Gasteiger partial charge in [-0.3, -0.25) is 0 Å². The number of hydrogen-bond acceptors (Lipinski definition) is 4. The molecule has 5 heteroatoms. The molecule has 2 aliphatic rings. The average molecular weight is 367 g/mol. The average Bonchev–Trinajstić information content (AvgIpc) is 3.11. The second-order valence-electron chi connectivity index (χ2n) is 7.53. The van der Waals surface area contributed by atoms with E-state index >= 15 is 0 Å². The van der Waals surface area contributed by atoms with Crippen molar-refractivity contribution < 1.29 is 9.60 Å². The molecule has 2 aromatic rings. The summed E-state index contributed by atoms with van der Waals surface area (Å²) in [5.74, 6) is -0.166. The Labute approximate surface area is 159 Å². The Morgan fingerprint density at radius 2 is 1.85 bits per heavy atom. The second-order valence-corrected chi connectivity index (χ2v) is 7.53. The van der Waals surface area contributed by atoms with Crippen molar-refractivity contribution in [3.63, 3.8) is 0 Å². The van der Waals surface area contributed by atoms with Gasteiger partial charge in [0.05, 0.1) is 6.21 Å². The van der Waals surface area contributed by atoms with Crippen LogP contribution in [0.5, 0.6) is 0 Å². The molecule has 0 amide bonds. The molecule has 4 rings (SSSR count). The van der Waals surface area contributed by atoms with Gasteiger partial charge in [-0.1, -0.05) is 23.4 Å². The predicted octanol–water partition coefficient (Wildman–Crippen LogP) is 3.70. The summed E-state index contributed by atoms with van der Waals surface area (Å²) in [4.78, 5) is 5.09. The lowest BCUT2D eigenvalue weighted by Gasteiger charge is -2.38. The van der Waals surface area contributed by atoms with Crippen LogP contribution in [0.4, 0.5) is 10.1 Å². The lowest BCUT2D eigenvalue weighted by atomic mass is 10.0. The summed E-state index contributed by atoms with van der Waals surface area (Å²) in [6, 6.07) is 13.8. The highest BCUT2D eigenvalue weighted by Gasteiger charge is 2.29. The minimum Gasteiger partial charge on any atom is -0.411 e. The number of nitrogens with zero attached hydrogens (tertiary/aromatic N) is 3. The summed E-state index contributed by atoms with van der Waals surface area (Å²) >= 11 is 0. The van der Waals surface area contributed by atoms with Crippen LogP contribution in [-0.4, -0.2) is 48.5 Å². The van der Waals surface area contributed by atoms with Crippen LogP contribution < -0.4 is 4.90 Å². The van der Waals surface area contributed by atoms with Gasteiger partial charge in [0.1, 0.15) is 5.82 Å². The van der Waals surface area contributed by atoms with Gasteiger partial charge in [0.2, 0.25) is 0 Å². The van der Waals surface area contributed by atoms with Crippen LogP contribution >= 0.6 is 0 Å². The van der Waals surface area contributed by atoms with E-state index in [2.05, 4.69) is 27.1 Å². The quantitative estimate of drug-likeness (QED) is 0.498. The van der Waals surface area contributed by atoms with Gasteiger partial charge in [-0.2, -0.15) is 0 Å². The largest absolute Gasteiger partial charge is 0.411 e. The van der Waals surface area contributed by atoms with Crippen molar-refractivity contribution >= 4 is 11.9 Å². The molecule has 0 spiro atoms. The number of piperidine rings is 1. The first-order chi connectivity index (χ1) is 13.2. The molecule has 142 valence electrons. The molecule has 1 fully saturated rings. The van der Waals surface area contributed by atoms with Crippen molar-refractivity contribution in [2.45, 2.75) is 31.7 Å². The zero-order valence-electron chi connectivity index (χ0n) is 15.5. The van der Waals surface area contributed by atoms with Crippen LogP contribution in [0.15, 0.2) is 47.6 Å². The molecule has 1 N–H and O–H groups in total. The second kappa shape index (κ2) is 8.09. The van der Waals surface area contributed by atoms with Crippen molar-refractivity contribution in [3.8, 4) is 0 Å². The molecule has 4 nitrogen and oxygen atoms in total. The van der Waals surface area contributed by atoms with Crippen molar-refractivity contribution in [2.75, 3.05) is 31.1 Å². The summed E-state index contributed by atoms with van der Waals surface area (Å²) in [6.45, 7) is 4.36. The number of hydrogen-bond donors (Lipinski definition) is 1. The Morgan fingerprint density at radius 3 is 2.59 bits per heavy atom. The fourth-order valence-corrected chi connectivity index (χ4v) is 4.37. The van der Waals surface area contributed by atoms with E-state index in [4.69, 9.17) is 5.21 Å². The maximum atomic E-state index is 13.0. The summed E-state index contributed by atoms with van der Waals surface area (Å²) in [7, 11) is 0. The van der Waals surface area contributed by atoms with E-state index in [9.17, 15) is 4.39 Å². The molecule has 0 aromatic heterocycles. The summed E-state index contributed by atoms with van der Waals surface area (Å²) in [5, 5.41) is 11.8. The first-order valence-electron chi connectivity index (χ1n) is 9.77. The third-order valence-corrected chi connectivity index (χ3v) is 5.87. The molecule has 2 heterocycles. The lowest BCUT2D eigenvalue weighted by molar-refractivity contribution is 0.212. The zero-order valence-corrected chi connectivity index (χ0v) is 15.5. The van der Waals surface area contributed by atoms with Gasteiger partial charge in [-0.25, -0.2) is 4.39 Å². The van der Waals surface area contributed by atoms with Crippen LogP contribution in [0.3, 0.4) is 0 Å². The summed E-state index contributed by atoms with van der Waals surface area (Å²) in [6.07, 6.45) is 5.90. The Hall–Kier alpha value is -2.40. The maximum absolute atomic E-state index is 13.0. The number of benzene rings is 2. The van der Waals surface area contributed by atoms with Crippen molar-refractivity contribution in [1.82, 2.24) is 4.90 Å². The van der Waals surface area contributed by atoms with Crippen molar-refractivity contribution in [3.05, 3.63) is 65.0 Å². The maximum Gasteiger partial charge on any atom is 0.123 e. The number of likely N-dealkylation sites (tertiary alicyclic amines) is 1. The molecule has 2 aromatic carbocycles. The first-order valence-corrected chi connectivity index (χ1v) is 9.77. The number of halogens is 1. The molecular formula is C22H26FN3O. The van der Waals surface area contributed by atoms with Crippen molar-refractivity contribution in [2.24, 2.45) is 5.16 Å². The number of anilines is 1. The summed E-state index contributed by atoms with van der Waals surface area (Å²) < 4.78 is 13.0. The third kappa shape index (κ3) is 4.14. The molecule has 0 aliphatic carbocycles. The molecule has 0 unspecified atom stereocenters. The van der Waals surface area contributed by atoms with Gasteiger partial charge in [0.15, 0.2) is 0 Å². The molecule has 0 saturated carbocycles. The lowest BCUT2D eigenvalue weighted by Crippen LogP contribution is -2.45.